The monoisotopic (exact) mass is 580 g/mol. The number of amides is 1. The van der Waals surface area contributed by atoms with Crippen LogP contribution in [0.15, 0.2) is 41.0 Å². The zero-order chi connectivity index (χ0) is 25.9. The number of ether oxygens (including phenoxy) is 2. The Morgan fingerprint density at radius 2 is 1.97 bits per heavy atom. The molecule has 1 saturated heterocycles. The van der Waals surface area contributed by atoms with Gasteiger partial charge in [0.25, 0.3) is 11.8 Å². The first-order chi connectivity index (χ1) is 17.9. The number of carbonyl (C=O) groups is 1. The molecule has 0 saturated carbocycles. The third-order valence-electron chi connectivity index (χ3n) is 6.36. The average Bonchev–Trinajstić information content (AvgIpc) is 3.57. The topological polar surface area (TPSA) is 86.1 Å². The minimum absolute atomic E-state index is 0.0758. The Balaban J connectivity index is 1.14. The number of benzene rings is 1. The van der Waals surface area contributed by atoms with E-state index in [-0.39, 0.29) is 24.5 Å². The Morgan fingerprint density at radius 3 is 2.70 bits per heavy atom. The molecule has 0 radical (unpaired) electrons. The summed E-state index contributed by atoms with van der Waals surface area (Å²) in [5.74, 6) is 0.999. The maximum Gasteiger partial charge on any atom is 0.260 e. The predicted molar refractivity (Wildman–Crippen MR) is 143 cm³/mol. The summed E-state index contributed by atoms with van der Waals surface area (Å²) < 4.78 is 10.8. The Labute approximate surface area is 233 Å². The first kappa shape index (κ1) is 26.0. The number of carbonyl (C=O) groups excluding carboxylic acids is 1. The highest BCUT2D eigenvalue weighted by atomic mass is 35.5. The van der Waals surface area contributed by atoms with Gasteiger partial charge in [-0.25, -0.2) is 9.97 Å². The number of pyridine rings is 1. The fraction of sp³-hybridized carbons (Fsp3) is 0.360. The molecule has 194 valence electrons. The molecule has 1 fully saturated rings. The summed E-state index contributed by atoms with van der Waals surface area (Å²) in [5, 5.41) is 8.50. The van der Waals surface area contributed by atoms with Crippen molar-refractivity contribution >= 4 is 57.8 Å². The van der Waals surface area contributed by atoms with E-state index in [1.807, 2.05) is 4.90 Å². The van der Waals surface area contributed by atoms with Crippen LogP contribution in [-0.2, 0) is 9.63 Å². The number of oxime groups is 1. The molecule has 2 aliphatic heterocycles. The van der Waals surface area contributed by atoms with E-state index in [1.54, 1.807) is 30.5 Å². The van der Waals surface area contributed by atoms with Crippen molar-refractivity contribution in [2.24, 2.45) is 5.16 Å². The van der Waals surface area contributed by atoms with Crippen LogP contribution in [-0.4, -0.2) is 53.3 Å². The van der Waals surface area contributed by atoms with Crippen LogP contribution in [0, 0.1) is 0 Å². The van der Waals surface area contributed by atoms with Gasteiger partial charge in [-0.05, 0) is 37.1 Å². The van der Waals surface area contributed by atoms with Crippen molar-refractivity contribution < 1.29 is 19.1 Å². The molecule has 3 aromatic rings. The summed E-state index contributed by atoms with van der Waals surface area (Å²) in [6, 6.07) is 6.78. The van der Waals surface area contributed by atoms with E-state index < -0.39 is 0 Å². The minimum Gasteiger partial charge on any atom is -0.491 e. The van der Waals surface area contributed by atoms with Crippen LogP contribution in [0.25, 0.3) is 0 Å². The number of hydrogen-bond donors (Lipinski definition) is 0. The fourth-order valence-corrected chi connectivity index (χ4v) is 6.36. The number of methoxy groups -OCH3 is 1. The van der Waals surface area contributed by atoms with Crippen LogP contribution in [0.3, 0.4) is 0 Å². The molecule has 1 amide bonds. The molecule has 8 nitrogen and oxygen atoms in total. The number of aromatic nitrogens is 2. The molecule has 37 heavy (non-hydrogen) atoms. The van der Waals surface area contributed by atoms with Gasteiger partial charge in [-0.1, -0.05) is 40.0 Å². The molecular weight excluding hydrogens is 559 g/mol. The van der Waals surface area contributed by atoms with E-state index in [4.69, 9.17) is 54.1 Å². The molecule has 12 heteroatoms. The third kappa shape index (κ3) is 5.80. The van der Waals surface area contributed by atoms with Crippen molar-refractivity contribution in [3.63, 3.8) is 0 Å². The van der Waals surface area contributed by atoms with Gasteiger partial charge in [-0.15, -0.1) is 11.3 Å². The zero-order valence-electron chi connectivity index (χ0n) is 19.8. The number of hydrogen-bond acceptors (Lipinski definition) is 8. The standard InChI is InChI=1S/C25H23Cl3N4O4S/c1-34-20-3-2-6-29-24(20)35-12-22(33)32-7-4-14(5-8-32)19-13-37-25(30-19)18-11-21(36-31-18)23-16(27)9-15(26)10-17(23)28/h2-3,6,9-10,13-14,21H,4-5,7-8,11-12H2,1H3. The number of piperidine rings is 1. The third-order valence-corrected chi connectivity index (χ3v) is 8.11. The quantitative estimate of drug-likeness (QED) is 0.332. The molecular formula is C25H23Cl3N4O4S. The largest absolute Gasteiger partial charge is 0.491 e. The Kier molecular flexibility index (Phi) is 8.04. The Hall–Kier alpha value is -2.59. The predicted octanol–water partition coefficient (Wildman–Crippen LogP) is 6.16. The van der Waals surface area contributed by atoms with Gasteiger partial charge in [0.1, 0.15) is 10.7 Å². The number of rotatable bonds is 7. The zero-order valence-corrected chi connectivity index (χ0v) is 22.9. The highest BCUT2D eigenvalue weighted by Crippen LogP contribution is 2.40. The van der Waals surface area contributed by atoms with E-state index in [2.05, 4.69) is 15.5 Å². The van der Waals surface area contributed by atoms with Gasteiger partial charge >= 0.3 is 0 Å². The van der Waals surface area contributed by atoms with Gasteiger partial charge in [0.05, 0.1) is 22.8 Å². The van der Waals surface area contributed by atoms with Crippen LogP contribution in [0.4, 0.5) is 0 Å². The maximum atomic E-state index is 12.7. The SMILES string of the molecule is COc1cccnc1OCC(=O)N1CCC(c2csc(C3=NOC(c4c(Cl)cc(Cl)cc4Cl)C3)n2)CC1. The fourth-order valence-electron chi connectivity index (χ4n) is 4.41. The van der Waals surface area contributed by atoms with Crippen LogP contribution >= 0.6 is 46.1 Å². The van der Waals surface area contributed by atoms with E-state index in [0.29, 0.717) is 51.8 Å². The summed E-state index contributed by atoms with van der Waals surface area (Å²) >= 11 is 20.3. The normalized spacial score (nSPS) is 17.9. The van der Waals surface area contributed by atoms with E-state index in [0.717, 1.165) is 29.3 Å². The van der Waals surface area contributed by atoms with Crippen molar-refractivity contribution in [2.45, 2.75) is 31.3 Å². The molecule has 1 unspecified atom stereocenters. The van der Waals surface area contributed by atoms with E-state index in [1.165, 1.54) is 18.4 Å². The minimum atomic E-state index is -0.387. The van der Waals surface area contributed by atoms with Crippen LogP contribution in [0.1, 0.15) is 47.5 Å². The summed E-state index contributed by atoms with van der Waals surface area (Å²) in [6.45, 7) is 1.19. The van der Waals surface area contributed by atoms with E-state index >= 15 is 0 Å². The molecule has 0 spiro atoms. The van der Waals surface area contributed by atoms with Gasteiger partial charge < -0.3 is 19.2 Å². The van der Waals surface area contributed by atoms with Crippen LogP contribution < -0.4 is 9.47 Å². The van der Waals surface area contributed by atoms with Crippen molar-refractivity contribution in [3.05, 3.63) is 67.2 Å². The van der Waals surface area contributed by atoms with Gasteiger partial charge in [0, 0.05) is 47.6 Å². The lowest BCUT2D eigenvalue weighted by Crippen LogP contribution is -2.40. The lowest BCUT2D eigenvalue weighted by atomic mass is 9.94. The smallest absolute Gasteiger partial charge is 0.260 e. The maximum absolute atomic E-state index is 12.7. The van der Waals surface area contributed by atoms with Gasteiger partial charge in [0.2, 0.25) is 0 Å². The lowest BCUT2D eigenvalue weighted by Gasteiger charge is -2.31. The van der Waals surface area contributed by atoms with Crippen molar-refractivity contribution in [1.29, 1.82) is 0 Å². The second kappa shape index (κ2) is 11.4. The van der Waals surface area contributed by atoms with Gasteiger partial charge in [-0.2, -0.15) is 0 Å². The number of likely N-dealkylation sites (tertiary alicyclic amines) is 1. The van der Waals surface area contributed by atoms with E-state index in [9.17, 15) is 4.79 Å². The number of nitrogens with zero attached hydrogens (tertiary/aromatic N) is 4. The number of thiazole rings is 1. The molecule has 2 aliphatic rings. The molecule has 4 heterocycles. The second-order valence-electron chi connectivity index (χ2n) is 8.65. The van der Waals surface area contributed by atoms with Crippen molar-refractivity contribution in [3.8, 4) is 11.6 Å². The summed E-state index contributed by atoms with van der Waals surface area (Å²) in [4.78, 5) is 29.1. The second-order valence-corrected chi connectivity index (χ2v) is 10.8. The van der Waals surface area contributed by atoms with Crippen molar-refractivity contribution in [1.82, 2.24) is 14.9 Å². The summed E-state index contributed by atoms with van der Waals surface area (Å²) in [7, 11) is 1.54. The lowest BCUT2D eigenvalue weighted by molar-refractivity contribution is -0.134. The first-order valence-electron chi connectivity index (χ1n) is 11.7. The molecule has 5 rings (SSSR count). The molecule has 2 aromatic heterocycles. The van der Waals surface area contributed by atoms with Gasteiger partial charge in [-0.3, -0.25) is 4.79 Å². The summed E-state index contributed by atoms with van der Waals surface area (Å²) in [6.07, 6.45) is 3.37. The van der Waals surface area contributed by atoms with Crippen LogP contribution in [0.5, 0.6) is 11.6 Å². The van der Waals surface area contributed by atoms with Gasteiger partial charge in [0.15, 0.2) is 18.5 Å². The molecule has 1 atom stereocenters. The molecule has 0 N–H and O–H groups in total. The summed E-state index contributed by atoms with van der Waals surface area (Å²) in [5.41, 5.74) is 2.44. The molecule has 0 bridgehead atoms. The average molecular weight is 582 g/mol. The van der Waals surface area contributed by atoms with Crippen LogP contribution in [0.2, 0.25) is 15.1 Å². The molecule has 0 aliphatic carbocycles. The molecule has 1 aromatic carbocycles. The highest BCUT2D eigenvalue weighted by Gasteiger charge is 2.31. The van der Waals surface area contributed by atoms with Crippen molar-refractivity contribution in [2.75, 3.05) is 26.8 Å². The number of halogens is 3. The Bertz CT molecular complexity index is 1300. The highest BCUT2D eigenvalue weighted by molar-refractivity contribution is 7.11. The Morgan fingerprint density at radius 1 is 1.22 bits per heavy atom. The first-order valence-corrected chi connectivity index (χ1v) is 13.7.